The van der Waals surface area contributed by atoms with Crippen LogP contribution < -0.4 is 25.4 Å². The maximum atomic E-state index is 13.3. The summed E-state index contributed by atoms with van der Waals surface area (Å²) in [7, 11) is 2.90. The molecule has 2 amide bonds. The predicted octanol–water partition coefficient (Wildman–Crippen LogP) is 5.16. The average molecular weight is 674 g/mol. The van der Waals surface area contributed by atoms with Crippen LogP contribution >= 0.6 is 34.5 Å². The largest absolute Gasteiger partial charge is 0.495 e. The molecule has 0 aliphatic carbocycles. The lowest BCUT2D eigenvalue weighted by Gasteiger charge is -2.33. The van der Waals surface area contributed by atoms with Crippen molar-refractivity contribution in [2.75, 3.05) is 70.7 Å². The highest BCUT2D eigenvalue weighted by Crippen LogP contribution is 2.44. The number of hydrogen-bond acceptors (Lipinski definition) is 11. The highest BCUT2D eigenvalue weighted by Gasteiger charge is 2.23. The van der Waals surface area contributed by atoms with E-state index in [0.717, 1.165) is 45.7 Å². The van der Waals surface area contributed by atoms with Gasteiger partial charge in [0.05, 0.1) is 41.3 Å². The summed E-state index contributed by atoms with van der Waals surface area (Å²) < 4.78 is 11.2. The van der Waals surface area contributed by atoms with E-state index in [-0.39, 0.29) is 21.6 Å². The molecule has 0 bridgehead atoms. The number of aromatic nitrogens is 3. The second-order valence-electron chi connectivity index (χ2n) is 10.2. The number of nitrogens with zero attached hydrogens (tertiary/aromatic N) is 5. The number of thiophene rings is 1. The summed E-state index contributed by atoms with van der Waals surface area (Å²) in [6, 6.07) is 4.95. The third-order valence-corrected chi connectivity index (χ3v) is 9.26. The van der Waals surface area contributed by atoms with Crippen LogP contribution in [0.25, 0.3) is 10.2 Å². The van der Waals surface area contributed by atoms with Crippen LogP contribution in [0.2, 0.25) is 10.0 Å². The van der Waals surface area contributed by atoms with E-state index >= 15 is 0 Å². The number of carbonyl (C=O) groups is 2. The SMILES string of the molecule is CCN1CCN(CCCNC(=O)c2ccc(Nc3ncnc4c(C(=O)Nc5c(Cl)c(OC)cc(OC)c5Cl)csc34)nc2)CC1. The maximum absolute atomic E-state index is 13.3. The molecular weight excluding hydrogens is 639 g/mol. The number of rotatable bonds is 12. The van der Waals surface area contributed by atoms with Gasteiger partial charge < -0.3 is 35.2 Å². The Bertz CT molecular complexity index is 1630. The molecule has 0 spiro atoms. The van der Waals surface area contributed by atoms with Crippen molar-refractivity contribution in [3.8, 4) is 11.5 Å². The van der Waals surface area contributed by atoms with E-state index in [4.69, 9.17) is 32.7 Å². The number of piperazine rings is 1. The Labute approximate surface area is 275 Å². The molecule has 4 heterocycles. The van der Waals surface area contributed by atoms with Crippen LogP contribution in [0.15, 0.2) is 36.1 Å². The number of nitrogens with one attached hydrogen (secondary N) is 3. The minimum atomic E-state index is -0.474. The monoisotopic (exact) mass is 672 g/mol. The summed E-state index contributed by atoms with van der Waals surface area (Å²) in [4.78, 5) is 43.9. The van der Waals surface area contributed by atoms with Gasteiger partial charge in [-0.25, -0.2) is 15.0 Å². The van der Waals surface area contributed by atoms with Crippen molar-refractivity contribution in [3.63, 3.8) is 0 Å². The smallest absolute Gasteiger partial charge is 0.258 e. The molecule has 238 valence electrons. The zero-order valence-electron chi connectivity index (χ0n) is 25.2. The Balaban J connectivity index is 1.20. The summed E-state index contributed by atoms with van der Waals surface area (Å²) in [5.41, 5.74) is 1.36. The van der Waals surface area contributed by atoms with Gasteiger partial charge in [-0.2, -0.15) is 0 Å². The molecule has 12 nitrogen and oxygen atoms in total. The minimum Gasteiger partial charge on any atom is -0.495 e. The summed E-state index contributed by atoms with van der Waals surface area (Å²) in [5, 5.41) is 10.8. The Hall–Kier alpha value is -3.75. The van der Waals surface area contributed by atoms with Crippen LogP contribution in [0, 0.1) is 0 Å². The van der Waals surface area contributed by atoms with Crippen molar-refractivity contribution in [3.05, 3.63) is 57.3 Å². The maximum Gasteiger partial charge on any atom is 0.258 e. The lowest BCUT2D eigenvalue weighted by atomic mass is 10.2. The molecule has 0 atom stereocenters. The van der Waals surface area contributed by atoms with Crippen molar-refractivity contribution >= 4 is 73.9 Å². The molecule has 1 aromatic carbocycles. The zero-order valence-corrected chi connectivity index (χ0v) is 27.5. The highest BCUT2D eigenvalue weighted by molar-refractivity contribution is 7.18. The van der Waals surface area contributed by atoms with Gasteiger partial charge in [-0.05, 0) is 31.6 Å². The molecule has 5 rings (SSSR count). The van der Waals surface area contributed by atoms with Gasteiger partial charge in [0.1, 0.15) is 33.7 Å². The Morgan fingerprint density at radius 3 is 2.33 bits per heavy atom. The number of methoxy groups -OCH3 is 2. The van der Waals surface area contributed by atoms with E-state index in [1.54, 1.807) is 17.5 Å². The van der Waals surface area contributed by atoms with Gasteiger partial charge in [-0.1, -0.05) is 30.1 Å². The molecule has 1 aliphatic heterocycles. The molecule has 0 saturated carbocycles. The Morgan fingerprint density at radius 1 is 0.978 bits per heavy atom. The van der Waals surface area contributed by atoms with Gasteiger partial charge in [-0.15, -0.1) is 11.3 Å². The first-order valence-electron chi connectivity index (χ1n) is 14.4. The molecule has 45 heavy (non-hydrogen) atoms. The van der Waals surface area contributed by atoms with Gasteiger partial charge in [0.2, 0.25) is 0 Å². The lowest BCUT2D eigenvalue weighted by molar-refractivity contribution is 0.0947. The van der Waals surface area contributed by atoms with Gasteiger partial charge in [-0.3, -0.25) is 9.59 Å². The molecule has 1 fully saturated rings. The number of likely N-dealkylation sites (N-methyl/N-ethyl adjacent to an activating group) is 1. The molecule has 3 aromatic heterocycles. The fourth-order valence-electron chi connectivity index (χ4n) is 4.94. The van der Waals surface area contributed by atoms with Crippen LogP contribution in [0.1, 0.15) is 34.1 Å². The number of carbonyl (C=O) groups excluding carboxylic acids is 2. The van der Waals surface area contributed by atoms with Gasteiger partial charge >= 0.3 is 0 Å². The zero-order chi connectivity index (χ0) is 31.9. The molecule has 0 unspecified atom stereocenters. The fourth-order valence-corrected chi connectivity index (χ4v) is 6.48. The van der Waals surface area contributed by atoms with E-state index in [0.29, 0.717) is 51.0 Å². The molecule has 1 aliphatic rings. The summed E-state index contributed by atoms with van der Waals surface area (Å²) in [5.74, 6) is 0.899. The second-order valence-corrected chi connectivity index (χ2v) is 11.9. The standard InChI is InChI=1S/C30H34Cl2N8O4S/c1-4-39-10-12-40(13-11-39)9-5-8-33-29(41)18-6-7-22(34-15-18)37-28-27-25(35-17-36-28)19(16-45-27)30(42)38-26-23(31)20(43-2)14-21(44-3)24(26)32/h6-7,14-17H,4-5,8-13H2,1-3H3,(H,33,41)(H,38,42)(H,34,35,36,37). The van der Waals surface area contributed by atoms with E-state index in [1.165, 1.54) is 44.1 Å². The summed E-state index contributed by atoms with van der Waals surface area (Å²) in [6.45, 7) is 9.20. The minimum absolute atomic E-state index is 0.137. The number of benzene rings is 1. The van der Waals surface area contributed by atoms with E-state index < -0.39 is 5.91 Å². The summed E-state index contributed by atoms with van der Waals surface area (Å²) >= 11 is 14.2. The normalized spacial score (nSPS) is 13.9. The van der Waals surface area contributed by atoms with Crippen molar-refractivity contribution in [1.29, 1.82) is 0 Å². The molecule has 15 heteroatoms. The number of fused-ring (bicyclic) bond motifs is 1. The highest BCUT2D eigenvalue weighted by atomic mass is 35.5. The molecular formula is C30H34Cl2N8O4S. The van der Waals surface area contributed by atoms with Crippen molar-refractivity contribution in [2.24, 2.45) is 0 Å². The average Bonchev–Trinajstić information content (AvgIpc) is 3.51. The van der Waals surface area contributed by atoms with Crippen LogP contribution in [-0.2, 0) is 0 Å². The molecule has 1 saturated heterocycles. The second kappa shape index (κ2) is 15.0. The molecule has 0 radical (unpaired) electrons. The van der Waals surface area contributed by atoms with Gasteiger partial charge in [0.15, 0.2) is 5.82 Å². The first-order chi connectivity index (χ1) is 21.8. The van der Waals surface area contributed by atoms with Crippen LogP contribution in [-0.4, -0.2) is 96.6 Å². The van der Waals surface area contributed by atoms with Crippen molar-refractivity contribution in [2.45, 2.75) is 13.3 Å². The third kappa shape index (κ3) is 7.56. The molecule has 3 N–H and O–H groups in total. The van der Waals surface area contributed by atoms with Crippen molar-refractivity contribution < 1.29 is 19.1 Å². The topological polar surface area (TPSA) is 134 Å². The number of pyridine rings is 1. The number of hydrogen-bond donors (Lipinski definition) is 3. The predicted molar refractivity (Wildman–Crippen MR) is 178 cm³/mol. The third-order valence-electron chi connectivity index (χ3n) is 7.53. The number of halogens is 2. The number of ether oxygens (including phenoxy) is 2. The fraction of sp³-hybridized carbons (Fsp3) is 0.367. The van der Waals surface area contributed by atoms with Gasteiger partial charge in [0.25, 0.3) is 11.8 Å². The van der Waals surface area contributed by atoms with Crippen LogP contribution in [0.4, 0.5) is 17.3 Å². The summed E-state index contributed by atoms with van der Waals surface area (Å²) in [6.07, 6.45) is 3.76. The number of anilines is 3. The molecule has 4 aromatic rings. The first-order valence-corrected chi connectivity index (χ1v) is 16.1. The quantitative estimate of drug-likeness (QED) is 0.173. The number of amides is 2. The van der Waals surface area contributed by atoms with Crippen LogP contribution in [0.3, 0.4) is 0 Å². The van der Waals surface area contributed by atoms with Crippen LogP contribution in [0.5, 0.6) is 11.5 Å². The first kappa shape index (κ1) is 32.6. The van der Waals surface area contributed by atoms with E-state index in [2.05, 4.69) is 47.6 Å². The van der Waals surface area contributed by atoms with Gasteiger partial charge in [0, 0.05) is 50.4 Å². The van der Waals surface area contributed by atoms with E-state index in [1.807, 2.05) is 0 Å². The van der Waals surface area contributed by atoms with Crippen molar-refractivity contribution in [1.82, 2.24) is 30.1 Å². The Kier molecular flexibility index (Phi) is 10.9. The van der Waals surface area contributed by atoms with E-state index in [9.17, 15) is 9.59 Å². The lowest BCUT2D eigenvalue weighted by Crippen LogP contribution is -2.46. The Morgan fingerprint density at radius 2 is 1.69 bits per heavy atom.